The first-order chi connectivity index (χ1) is 8.25. The van der Waals surface area contributed by atoms with Gasteiger partial charge < -0.3 is 15.8 Å². The van der Waals surface area contributed by atoms with E-state index in [0.717, 1.165) is 25.4 Å². The summed E-state index contributed by atoms with van der Waals surface area (Å²) in [6.07, 6.45) is 4.06. The van der Waals surface area contributed by atoms with Gasteiger partial charge in [-0.05, 0) is 37.8 Å². The fraction of sp³-hybridized carbons (Fsp3) is 0.571. The van der Waals surface area contributed by atoms with Crippen LogP contribution < -0.4 is 11.1 Å². The molecule has 0 saturated carbocycles. The van der Waals surface area contributed by atoms with Gasteiger partial charge >= 0.3 is 0 Å². The molecule has 1 atom stereocenters. The van der Waals surface area contributed by atoms with Crippen molar-refractivity contribution in [3.8, 4) is 0 Å². The molecule has 3 heteroatoms. The summed E-state index contributed by atoms with van der Waals surface area (Å²) in [6, 6.07) is 6.16. The van der Waals surface area contributed by atoms with Crippen LogP contribution in [0.1, 0.15) is 30.4 Å². The van der Waals surface area contributed by atoms with E-state index in [0.29, 0.717) is 6.10 Å². The quantitative estimate of drug-likeness (QED) is 0.785. The molecule has 0 bridgehead atoms. The van der Waals surface area contributed by atoms with Crippen LogP contribution >= 0.6 is 0 Å². The van der Waals surface area contributed by atoms with Gasteiger partial charge in [-0.3, -0.25) is 0 Å². The molecule has 1 aromatic carbocycles. The molecule has 1 fully saturated rings. The molecule has 0 amide bonds. The Kier molecular flexibility index (Phi) is 4.40. The Bertz CT molecular complexity index is 359. The van der Waals surface area contributed by atoms with Gasteiger partial charge in [0.1, 0.15) is 0 Å². The Morgan fingerprint density at radius 1 is 1.41 bits per heavy atom. The number of rotatable bonds is 4. The number of hydrogen-bond acceptors (Lipinski definition) is 3. The third-order valence-corrected chi connectivity index (χ3v) is 3.26. The van der Waals surface area contributed by atoms with Gasteiger partial charge in [0.05, 0.1) is 6.10 Å². The summed E-state index contributed by atoms with van der Waals surface area (Å²) in [6.45, 7) is 4.76. The molecule has 1 unspecified atom stereocenters. The zero-order valence-electron chi connectivity index (χ0n) is 10.5. The fourth-order valence-electron chi connectivity index (χ4n) is 2.22. The lowest BCUT2D eigenvalue weighted by Crippen LogP contribution is -2.31. The second-order valence-electron chi connectivity index (χ2n) is 4.82. The van der Waals surface area contributed by atoms with E-state index < -0.39 is 0 Å². The number of nitrogens with two attached hydrogens (primary N) is 1. The Morgan fingerprint density at radius 2 is 2.29 bits per heavy atom. The van der Waals surface area contributed by atoms with Crippen molar-refractivity contribution in [2.75, 3.05) is 18.9 Å². The number of nitrogens with one attached hydrogen (secondary N) is 1. The van der Waals surface area contributed by atoms with Crippen molar-refractivity contribution >= 4 is 5.69 Å². The summed E-state index contributed by atoms with van der Waals surface area (Å²) in [5, 5.41) is 3.43. The van der Waals surface area contributed by atoms with E-state index >= 15 is 0 Å². The minimum Gasteiger partial charge on any atom is -0.398 e. The standard InChI is InChI=1S/C14H22N2O/c1-11-5-6-14(15)12(8-11)9-16-10-13-4-2-3-7-17-13/h5-6,8,13,16H,2-4,7,9-10,15H2,1H3. The number of hydrogen-bond donors (Lipinski definition) is 2. The predicted octanol–water partition coefficient (Wildman–Crippen LogP) is 2.24. The van der Waals surface area contributed by atoms with E-state index in [1.54, 1.807) is 0 Å². The van der Waals surface area contributed by atoms with Crippen LogP contribution in [0.3, 0.4) is 0 Å². The summed E-state index contributed by atoms with van der Waals surface area (Å²) in [5.41, 5.74) is 9.24. The predicted molar refractivity (Wildman–Crippen MR) is 70.9 cm³/mol. The van der Waals surface area contributed by atoms with Gasteiger partial charge in [0, 0.05) is 25.4 Å². The van der Waals surface area contributed by atoms with Crippen molar-refractivity contribution in [1.82, 2.24) is 5.32 Å². The van der Waals surface area contributed by atoms with E-state index in [1.807, 2.05) is 12.1 Å². The SMILES string of the molecule is Cc1ccc(N)c(CNCC2CCCCO2)c1. The number of aryl methyl sites for hydroxylation is 1. The third kappa shape index (κ3) is 3.72. The summed E-state index contributed by atoms with van der Waals surface area (Å²) >= 11 is 0. The van der Waals surface area contributed by atoms with E-state index in [-0.39, 0.29) is 0 Å². The zero-order valence-corrected chi connectivity index (χ0v) is 10.5. The molecular weight excluding hydrogens is 212 g/mol. The average Bonchev–Trinajstić information content (AvgIpc) is 2.35. The number of benzene rings is 1. The molecule has 1 aromatic rings. The second kappa shape index (κ2) is 6.03. The number of nitrogen functional groups attached to an aromatic ring is 1. The summed E-state index contributed by atoms with van der Waals surface area (Å²) in [5.74, 6) is 0. The van der Waals surface area contributed by atoms with Crippen molar-refractivity contribution in [3.63, 3.8) is 0 Å². The minimum absolute atomic E-state index is 0.384. The van der Waals surface area contributed by atoms with Crippen LogP contribution in [0.25, 0.3) is 0 Å². The fourth-order valence-corrected chi connectivity index (χ4v) is 2.22. The Balaban J connectivity index is 1.79. The maximum Gasteiger partial charge on any atom is 0.0699 e. The normalized spacial score (nSPS) is 20.4. The summed E-state index contributed by atoms with van der Waals surface area (Å²) in [7, 11) is 0. The first kappa shape index (κ1) is 12.4. The topological polar surface area (TPSA) is 47.3 Å². The molecule has 0 aliphatic carbocycles. The van der Waals surface area contributed by atoms with Gasteiger partial charge in [0.2, 0.25) is 0 Å². The molecule has 3 N–H and O–H groups in total. The molecule has 0 radical (unpaired) electrons. The molecule has 17 heavy (non-hydrogen) atoms. The van der Waals surface area contributed by atoms with Crippen LogP contribution in [0.15, 0.2) is 18.2 Å². The van der Waals surface area contributed by atoms with E-state index in [1.165, 1.54) is 30.4 Å². The van der Waals surface area contributed by atoms with Crippen LogP contribution in [-0.2, 0) is 11.3 Å². The van der Waals surface area contributed by atoms with Crippen LogP contribution in [0.4, 0.5) is 5.69 Å². The first-order valence-electron chi connectivity index (χ1n) is 6.43. The van der Waals surface area contributed by atoms with Crippen LogP contribution in [-0.4, -0.2) is 19.3 Å². The van der Waals surface area contributed by atoms with Crippen LogP contribution in [0, 0.1) is 6.92 Å². The molecule has 0 spiro atoms. The van der Waals surface area contributed by atoms with Gasteiger partial charge in [-0.2, -0.15) is 0 Å². The van der Waals surface area contributed by atoms with Gasteiger partial charge in [0.15, 0.2) is 0 Å². The van der Waals surface area contributed by atoms with Crippen molar-refractivity contribution in [1.29, 1.82) is 0 Å². The van der Waals surface area contributed by atoms with Gasteiger partial charge in [-0.1, -0.05) is 17.7 Å². The maximum atomic E-state index is 5.94. The van der Waals surface area contributed by atoms with E-state index in [2.05, 4.69) is 18.3 Å². The molecule has 0 aromatic heterocycles. The van der Waals surface area contributed by atoms with Crippen molar-refractivity contribution < 1.29 is 4.74 Å². The highest BCUT2D eigenvalue weighted by Crippen LogP contribution is 2.14. The lowest BCUT2D eigenvalue weighted by Gasteiger charge is -2.23. The lowest BCUT2D eigenvalue weighted by molar-refractivity contribution is 0.0168. The lowest BCUT2D eigenvalue weighted by atomic mass is 10.1. The molecule has 1 aliphatic heterocycles. The van der Waals surface area contributed by atoms with Crippen LogP contribution in [0.2, 0.25) is 0 Å². The number of ether oxygens (including phenoxy) is 1. The average molecular weight is 234 g/mol. The maximum absolute atomic E-state index is 5.94. The highest BCUT2D eigenvalue weighted by molar-refractivity contribution is 5.48. The van der Waals surface area contributed by atoms with Crippen molar-refractivity contribution in [3.05, 3.63) is 29.3 Å². The molecular formula is C14H22N2O. The molecule has 94 valence electrons. The Labute approximate surface area is 103 Å². The monoisotopic (exact) mass is 234 g/mol. The second-order valence-corrected chi connectivity index (χ2v) is 4.82. The minimum atomic E-state index is 0.384. The number of anilines is 1. The van der Waals surface area contributed by atoms with E-state index in [4.69, 9.17) is 10.5 Å². The van der Waals surface area contributed by atoms with Gasteiger partial charge in [0.25, 0.3) is 0 Å². The van der Waals surface area contributed by atoms with Crippen molar-refractivity contribution in [2.24, 2.45) is 0 Å². The highest BCUT2D eigenvalue weighted by atomic mass is 16.5. The smallest absolute Gasteiger partial charge is 0.0699 e. The highest BCUT2D eigenvalue weighted by Gasteiger charge is 2.12. The van der Waals surface area contributed by atoms with E-state index in [9.17, 15) is 0 Å². The molecule has 1 aliphatic rings. The summed E-state index contributed by atoms with van der Waals surface area (Å²) < 4.78 is 5.68. The Morgan fingerprint density at radius 3 is 3.06 bits per heavy atom. The van der Waals surface area contributed by atoms with Gasteiger partial charge in [-0.15, -0.1) is 0 Å². The Hall–Kier alpha value is -1.06. The first-order valence-corrected chi connectivity index (χ1v) is 6.43. The van der Waals surface area contributed by atoms with Gasteiger partial charge in [-0.25, -0.2) is 0 Å². The largest absolute Gasteiger partial charge is 0.398 e. The molecule has 1 heterocycles. The van der Waals surface area contributed by atoms with Crippen molar-refractivity contribution in [2.45, 2.75) is 38.8 Å². The third-order valence-electron chi connectivity index (χ3n) is 3.26. The molecule has 2 rings (SSSR count). The summed E-state index contributed by atoms with van der Waals surface area (Å²) in [4.78, 5) is 0. The molecule has 1 saturated heterocycles. The van der Waals surface area contributed by atoms with Crippen LogP contribution in [0.5, 0.6) is 0 Å². The zero-order chi connectivity index (χ0) is 12.1. The molecule has 3 nitrogen and oxygen atoms in total.